The summed E-state index contributed by atoms with van der Waals surface area (Å²) in [5, 5.41) is 3.61. The van der Waals surface area contributed by atoms with E-state index in [9.17, 15) is 26.3 Å². The normalized spacial score (nSPS) is 14.9. The van der Waals surface area contributed by atoms with E-state index in [1.54, 1.807) is 30.3 Å². The molecule has 0 bridgehead atoms. The number of hydrogen-bond acceptors (Lipinski definition) is 4. The summed E-state index contributed by atoms with van der Waals surface area (Å²) in [6, 6.07) is 9.83. The lowest BCUT2D eigenvalue weighted by Gasteiger charge is -2.19. The van der Waals surface area contributed by atoms with Gasteiger partial charge in [-0.15, -0.1) is 0 Å². The van der Waals surface area contributed by atoms with Gasteiger partial charge >= 0.3 is 0 Å². The summed E-state index contributed by atoms with van der Waals surface area (Å²) in [5.41, 5.74) is 7.34. The molecule has 4 rings (SSSR count). The summed E-state index contributed by atoms with van der Waals surface area (Å²) in [4.78, 5) is 0. The first kappa shape index (κ1) is 19.8. The first-order valence-electron chi connectivity index (χ1n) is 7.92. The highest BCUT2D eigenvalue weighted by Crippen LogP contribution is 2.45. The number of nitrogen functional groups attached to an aromatic ring is 1. The number of benzene rings is 4. The molecule has 8 N–H and O–H groups in total. The average molecular weight is 455 g/mol. The third-order valence-electron chi connectivity index (χ3n) is 4.52. The van der Waals surface area contributed by atoms with Crippen LogP contribution >= 0.6 is 0 Å². The fraction of sp³-hybridized carbons (Fsp3) is 0. The van der Waals surface area contributed by atoms with Crippen molar-refractivity contribution in [3.8, 4) is 0 Å². The van der Waals surface area contributed by atoms with E-state index >= 15 is 0 Å². The lowest BCUT2D eigenvalue weighted by Crippen LogP contribution is -2.07. The molecule has 13 heteroatoms. The van der Waals surface area contributed by atoms with Crippen molar-refractivity contribution in [3.63, 3.8) is 0 Å². The fourth-order valence-electron chi connectivity index (χ4n) is 3.56. The Hall–Kier alpha value is -2.55. The smallest absolute Gasteiger partial charge is 0.259 e. The van der Waals surface area contributed by atoms with Crippen LogP contribution in [0.25, 0.3) is 32.3 Å². The molecule has 3 unspecified atom stereocenters. The third-order valence-corrected chi connectivity index (χ3v) is 5.71. The van der Waals surface area contributed by atoms with Crippen molar-refractivity contribution >= 4 is 88.9 Å². The van der Waals surface area contributed by atoms with Gasteiger partial charge in [0.05, 0.1) is 17.1 Å². The van der Waals surface area contributed by atoms with Crippen molar-refractivity contribution in [3.05, 3.63) is 36.4 Å². The monoisotopic (exact) mass is 454 g/mol. The van der Waals surface area contributed by atoms with Crippen LogP contribution in [0.15, 0.2) is 36.4 Å². The summed E-state index contributed by atoms with van der Waals surface area (Å²) < 4.78 is 69.2. The molecule has 10 nitrogen and oxygen atoms in total. The number of rotatable bonds is 6. The minimum absolute atomic E-state index is 0.253. The molecule has 0 aliphatic heterocycles. The van der Waals surface area contributed by atoms with Crippen LogP contribution in [0.2, 0.25) is 0 Å². The van der Waals surface area contributed by atoms with Crippen molar-refractivity contribution < 1.29 is 26.3 Å². The molecule has 0 aromatic heterocycles. The van der Waals surface area contributed by atoms with Gasteiger partial charge in [-0.2, -0.15) is 0 Å². The van der Waals surface area contributed by atoms with Crippen molar-refractivity contribution in [2.45, 2.75) is 0 Å². The molecule has 0 heterocycles. The maximum atomic E-state index is 11.4. The maximum absolute atomic E-state index is 11.4. The molecule has 0 radical (unpaired) electrons. The Balaban J connectivity index is 2.19. The van der Waals surface area contributed by atoms with Gasteiger partial charge in [-0.25, -0.2) is 12.6 Å². The van der Waals surface area contributed by atoms with Crippen LogP contribution in [0.4, 0.5) is 22.7 Å². The Kier molecular flexibility index (Phi) is 5.02. The first-order chi connectivity index (χ1) is 13.8. The highest BCUT2D eigenvalue weighted by atomic mass is 32.2. The Morgan fingerprint density at radius 2 is 0.966 bits per heavy atom. The topological polar surface area (TPSA) is 174 Å². The summed E-state index contributed by atoms with van der Waals surface area (Å²) in [6.45, 7) is 0. The van der Waals surface area contributed by atoms with Crippen LogP contribution in [-0.2, 0) is 33.8 Å². The van der Waals surface area contributed by atoms with E-state index in [2.05, 4.69) is 14.2 Å². The van der Waals surface area contributed by atoms with Crippen LogP contribution in [0.5, 0.6) is 0 Å². The number of nitrogens with one attached hydrogen (secondary N) is 3. The SMILES string of the molecule is Nc1cc(NS(=O)O)c2ccc3c(NS(=O)O)cc(NS(=O)O)c4ccc1c2c43. The van der Waals surface area contributed by atoms with Crippen LogP contribution in [0, 0.1) is 0 Å². The van der Waals surface area contributed by atoms with Crippen LogP contribution in [0.3, 0.4) is 0 Å². The summed E-state index contributed by atoms with van der Waals surface area (Å²) in [5.74, 6) is 0. The molecule has 0 amide bonds. The van der Waals surface area contributed by atoms with E-state index in [-0.39, 0.29) is 11.4 Å². The molecule has 4 aromatic carbocycles. The third kappa shape index (κ3) is 3.48. The summed E-state index contributed by atoms with van der Waals surface area (Å²) in [7, 11) is 0. The molecule has 29 heavy (non-hydrogen) atoms. The Morgan fingerprint density at radius 1 is 0.621 bits per heavy atom. The van der Waals surface area contributed by atoms with Crippen molar-refractivity contribution in [1.29, 1.82) is 0 Å². The molecule has 0 aliphatic rings. The van der Waals surface area contributed by atoms with E-state index in [0.717, 1.165) is 0 Å². The second-order valence-corrected chi connectivity index (χ2v) is 8.22. The largest absolute Gasteiger partial charge is 0.398 e. The average Bonchev–Trinajstić information content (AvgIpc) is 2.62. The van der Waals surface area contributed by atoms with E-state index in [4.69, 9.17) is 5.73 Å². The number of hydrogen-bond donors (Lipinski definition) is 7. The van der Waals surface area contributed by atoms with E-state index in [0.29, 0.717) is 43.7 Å². The minimum atomic E-state index is -2.38. The predicted octanol–water partition coefficient (Wildman–Crippen LogP) is 2.81. The molecular weight excluding hydrogens is 440 g/mol. The Bertz CT molecular complexity index is 1310. The molecule has 152 valence electrons. The zero-order chi connectivity index (χ0) is 20.9. The molecular formula is C16H14N4O6S3. The molecule has 0 saturated carbocycles. The lowest BCUT2D eigenvalue weighted by atomic mass is 9.91. The second kappa shape index (κ2) is 7.37. The molecule has 4 aromatic rings. The fourth-order valence-corrected chi connectivity index (χ4v) is 4.63. The van der Waals surface area contributed by atoms with Crippen LogP contribution in [0.1, 0.15) is 0 Å². The summed E-state index contributed by atoms with van der Waals surface area (Å²) >= 11 is -7.09. The Morgan fingerprint density at radius 3 is 1.38 bits per heavy atom. The van der Waals surface area contributed by atoms with Gasteiger partial charge in [0, 0.05) is 38.0 Å². The lowest BCUT2D eigenvalue weighted by molar-refractivity contribution is 0.568. The highest BCUT2D eigenvalue weighted by molar-refractivity contribution is 7.81. The quantitative estimate of drug-likeness (QED) is 0.133. The highest BCUT2D eigenvalue weighted by Gasteiger charge is 2.19. The van der Waals surface area contributed by atoms with E-state index in [1.165, 1.54) is 6.07 Å². The standard InChI is InChI=1S/C16H14N4O6S3/c17-11-5-12(18-27(21)22)8-3-4-10-14(20-29(25)26)6-13(19-28(23)24)9-2-1-7(11)15(8)16(9)10/h1-6,18-20H,17H2,(H,21,22)(H,23,24)(H,25,26). The number of anilines is 4. The Labute approximate surface area is 171 Å². The first-order valence-corrected chi connectivity index (χ1v) is 11.2. The van der Waals surface area contributed by atoms with Crippen molar-refractivity contribution in [1.82, 2.24) is 0 Å². The molecule has 3 atom stereocenters. The molecule has 0 saturated heterocycles. The van der Waals surface area contributed by atoms with Crippen LogP contribution in [-0.4, -0.2) is 26.3 Å². The van der Waals surface area contributed by atoms with Gasteiger partial charge in [-0.1, -0.05) is 24.3 Å². The molecule has 0 fully saturated rings. The van der Waals surface area contributed by atoms with Gasteiger partial charge in [-0.05, 0) is 12.1 Å². The van der Waals surface area contributed by atoms with Gasteiger partial charge in [-0.3, -0.25) is 27.8 Å². The van der Waals surface area contributed by atoms with Crippen molar-refractivity contribution in [2.24, 2.45) is 0 Å². The van der Waals surface area contributed by atoms with Gasteiger partial charge in [0.1, 0.15) is 0 Å². The van der Waals surface area contributed by atoms with Gasteiger partial charge in [0.15, 0.2) is 0 Å². The molecule has 0 aliphatic carbocycles. The zero-order valence-corrected chi connectivity index (χ0v) is 16.8. The second-order valence-electron chi connectivity index (χ2n) is 6.11. The van der Waals surface area contributed by atoms with E-state index in [1.807, 2.05) is 0 Å². The van der Waals surface area contributed by atoms with E-state index < -0.39 is 33.8 Å². The zero-order valence-electron chi connectivity index (χ0n) is 14.3. The molecule has 0 spiro atoms. The van der Waals surface area contributed by atoms with Gasteiger partial charge < -0.3 is 5.73 Å². The summed E-state index contributed by atoms with van der Waals surface area (Å²) in [6.07, 6.45) is 0. The van der Waals surface area contributed by atoms with Crippen molar-refractivity contribution in [2.75, 3.05) is 19.9 Å². The minimum Gasteiger partial charge on any atom is -0.398 e. The van der Waals surface area contributed by atoms with Crippen LogP contribution < -0.4 is 19.9 Å². The maximum Gasteiger partial charge on any atom is 0.259 e. The van der Waals surface area contributed by atoms with Gasteiger partial charge in [0.2, 0.25) is 0 Å². The van der Waals surface area contributed by atoms with Gasteiger partial charge in [0.25, 0.3) is 33.8 Å². The number of nitrogens with two attached hydrogens (primary N) is 1. The predicted molar refractivity (Wildman–Crippen MR) is 118 cm³/mol.